The molecule has 0 aromatic carbocycles. The first-order valence-electron chi connectivity index (χ1n) is 11.4. The third-order valence-electron chi connectivity index (χ3n) is 6.57. The molecule has 0 amide bonds. The van der Waals surface area contributed by atoms with Crippen LogP contribution in [0.5, 0.6) is 0 Å². The molecule has 1 saturated heterocycles. The lowest BCUT2D eigenvalue weighted by Gasteiger charge is -2.31. The molecule has 0 atom stereocenters. The Hall–Kier alpha value is -2.87. The van der Waals surface area contributed by atoms with Gasteiger partial charge in [-0.2, -0.15) is 0 Å². The summed E-state index contributed by atoms with van der Waals surface area (Å²) in [5.41, 5.74) is 1.63. The second-order valence-electron chi connectivity index (χ2n) is 8.71. The van der Waals surface area contributed by atoms with Gasteiger partial charge in [0.15, 0.2) is 0 Å². The molecule has 8 heteroatoms. The summed E-state index contributed by atoms with van der Waals surface area (Å²) in [5, 5.41) is 8.91. The van der Waals surface area contributed by atoms with Crippen molar-refractivity contribution in [2.45, 2.75) is 58.2 Å². The summed E-state index contributed by atoms with van der Waals surface area (Å²) in [7, 11) is 0. The van der Waals surface area contributed by atoms with Crippen molar-refractivity contribution in [3.05, 3.63) is 58.9 Å². The number of hydrogen-bond donors (Lipinski definition) is 0. The maximum atomic E-state index is 12.6. The van der Waals surface area contributed by atoms with Gasteiger partial charge in [0.25, 0.3) is 5.56 Å². The zero-order valence-electron chi connectivity index (χ0n) is 17.9. The second kappa shape index (κ2) is 9.09. The van der Waals surface area contributed by atoms with Crippen molar-refractivity contribution in [1.29, 1.82) is 0 Å². The molecular weight excluding hydrogens is 390 g/mol. The van der Waals surface area contributed by atoms with E-state index in [-0.39, 0.29) is 5.56 Å². The van der Waals surface area contributed by atoms with Crippen LogP contribution in [-0.2, 0) is 26.1 Å². The molecule has 8 nitrogen and oxygen atoms in total. The first-order chi connectivity index (χ1) is 15.3. The number of rotatable bonds is 5. The summed E-state index contributed by atoms with van der Waals surface area (Å²) in [6.45, 7) is 4.73. The van der Waals surface area contributed by atoms with E-state index in [1.807, 2.05) is 12.1 Å². The summed E-state index contributed by atoms with van der Waals surface area (Å²) in [6, 6.07) is 5.37. The van der Waals surface area contributed by atoms with Crippen molar-refractivity contribution >= 4 is 0 Å². The van der Waals surface area contributed by atoms with Crippen LogP contribution in [0.25, 0.3) is 11.3 Å². The van der Waals surface area contributed by atoms with Crippen LogP contribution < -0.4 is 5.56 Å². The van der Waals surface area contributed by atoms with Crippen LogP contribution in [0.2, 0.25) is 0 Å². The highest BCUT2D eigenvalue weighted by Gasteiger charge is 2.23. The predicted molar refractivity (Wildman–Crippen MR) is 117 cm³/mol. The number of likely N-dealkylation sites (tertiary alicyclic amines) is 1. The van der Waals surface area contributed by atoms with Gasteiger partial charge in [0.2, 0.25) is 0 Å². The van der Waals surface area contributed by atoms with Gasteiger partial charge in [-0.25, -0.2) is 4.98 Å². The number of piperidine rings is 1. The highest BCUT2D eigenvalue weighted by atomic mass is 16.1. The van der Waals surface area contributed by atoms with Crippen LogP contribution >= 0.6 is 0 Å². The maximum absolute atomic E-state index is 12.6. The lowest BCUT2D eigenvalue weighted by atomic mass is 9.96. The molecule has 3 aromatic heterocycles. The van der Waals surface area contributed by atoms with E-state index >= 15 is 0 Å². The SMILES string of the molecule is O=c1cc(-c2ccncc2)ncn1CC1CCN(Cc2nnc3n2CCCCC3)CC1. The van der Waals surface area contributed by atoms with Gasteiger partial charge >= 0.3 is 0 Å². The Morgan fingerprint density at radius 3 is 2.65 bits per heavy atom. The number of aromatic nitrogens is 6. The molecule has 5 rings (SSSR count). The molecule has 0 saturated carbocycles. The molecule has 31 heavy (non-hydrogen) atoms. The number of aryl methyl sites for hydroxylation is 1. The Morgan fingerprint density at radius 2 is 1.84 bits per heavy atom. The van der Waals surface area contributed by atoms with Gasteiger partial charge in [-0.15, -0.1) is 10.2 Å². The van der Waals surface area contributed by atoms with Crippen LogP contribution in [0.4, 0.5) is 0 Å². The van der Waals surface area contributed by atoms with E-state index in [4.69, 9.17) is 0 Å². The molecule has 1 fully saturated rings. The summed E-state index contributed by atoms with van der Waals surface area (Å²) < 4.78 is 4.10. The minimum atomic E-state index is 0.00962. The van der Waals surface area contributed by atoms with Crippen molar-refractivity contribution in [3.8, 4) is 11.3 Å². The first kappa shape index (κ1) is 20.1. The smallest absolute Gasteiger partial charge is 0.253 e. The minimum absolute atomic E-state index is 0.00962. The Kier molecular flexibility index (Phi) is 5.88. The fraction of sp³-hybridized carbons (Fsp3) is 0.522. The molecule has 0 unspecified atom stereocenters. The fourth-order valence-electron chi connectivity index (χ4n) is 4.71. The van der Waals surface area contributed by atoms with Gasteiger partial charge in [-0.05, 0) is 56.8 Å². The van der Waals surface area contributed by atoms with Crippen LogP contribution in [0.1, 0.15) is 43.8 Å². The molecule has 3 aromatic rings. The standard InChI is InChI=1S/C23H29N7O/c31-23-14-20(19-5-9-24-10-6-19)25-17-29(23)15-18-7-12-28(13-8-18)16-22-27-26-21-4-2-1-3-11-30(21)22/h5-6,9-10,14,17-18H,1-4,7-8,11-13,15-16H2. The fourth-order valence-corrected chi connectivity index (χ4v) is 4.71. The summed E-state index contributed by atoms with van der Waals surface area (Å²) >= 11 is 0. The summed E-state index contributed by atoms with van der Waals surface area (Å²) in [5.74, 6) is 2.77. The predicted octanol–water partition coefficient (Wildman–Crippen LogP) is 2.54. The van der Waals surface area contributed by atoms with E-state index in [1.165, 1.54) is 19.3 Å². The Labute approximate surface area is 182 Å². The van der Waals surface area contributed by atoms with Gasteiger partial charge < -0.3 is 4.57 Å². The van der Waals surface area contributed by atoms with Crippen LogP contribution in [0.15, 0.2) is 41.7 Å². The maximum Gasteiger partial charge on any atom is 0.253 e. The average molecular weight is 420 g/mol. The van der Waals surface area contributed by atoms with Gasteiger partial charge in [0.05, 0.1) is 18.6 Å². The normalized spacial score (nSPS) is 17.9. The van der Waals surface area contributed by atoms with Gasteiger partial charge in [0, 0.05) is 43.5 Å². The van der Waals surface area contributed by atoms with E-state index in [1.54, 1.807) is 29.4 Å². The van der Waals surface area contributed by atoms with Crippen molar-refractivity contribution in [2.24, 2.45) is 5.92 Å². The number of hydrogen-bond acceptors (Lipinski definition) is 6. The molecule has 5 heterocycles. The van der Waals surface area contributed by atoms with Crippen molar-refractivity contribution in [2.75, 3.05) is 13.1 Å². The molecular formula is C23H29N7O. The number of nitrogens with zero attached hydrogens (tertiary/aromatic N) is 7. The molecule has 0 aliphatic carbocycles. The Balaban J connectivity index is 1.17. The summed E-state index contributed by atoms with van der Waals surface area (Å²) in [4.78, 5) is 23.6. The van der Waals surface area contributed by atoms with E-state index in [0.717, 1.165) is 69.2 Å². The second-order valence-corrected chi connectivity index (χ2v) is 8.71. The third-order valence-corrected chi connectivity index (χ3v) is 6.57. The molecule has 0 spiro atoms. The van der Waals surface area contributed by atoms with E-state index in [2.05, 4.69) is 29.6 Å². The lowest BCUT2D eigenvalue weighted by Crippen LogP contribution is -2.36. The molecule has 162 valence electrons. The highest BCUT2D eigenvalue weighted by Crippen LogP contribution is 2.22. The van der Waals surface area contributed by atoms with E-state index < -0.39 is 0 Å². The highest BCUT2D eigenvalue weighted by molar-refractivity contribution is 5.57. The van der Waals surface area contributed by atoms with Gasteiger partial charge in [0.1, 0.15) is 11.6 Å². The monoisotopic (exact) mass is 419 g/mol. The Morgan fingerprint density at radius 1 is 1.00 bits per heavy atom. The van der Waals surface area contributed by atoms with Gasteiger partial charge in [-0.1, -0.05) is 6.42 Å². The minimum Gasteiger partial charge on any atom is -0.314 e. The van der Waals surface area contributed by atoms with E-state index in [9.17, 15) is 4.79 Å². The lowest BCUT2D eigenvalue weighted by molar-refractivity contribution is 0.161. The molecule has 0 radical (unpaired) electrons. The third kappa shape index (κ3) is 4.58. The van der Waals surface area contributed by atoms with E-state index in [0.29, 0.717) is 11.6 Å². The van der Waals surface area contributed by atoms with Gasteiger partial charge in [-0.3, -0.25) is 19.2 Å². The topological polar surface area (TPSA) is 81.7 Å². The molecule has 2 aliphatic heterocycles. The molecule has 0 bridgehead atoms. The Bertz CT molecular complexity index is 1070. The van der Waals surface area contributed by atoms with Crippen LogP contribution in [-0.4, -0.2) is 47.3 Å². The largest absolute Gasteiger partial charge is 0.314 e. The zero-order chi connectivity index (χ0) is 21.0. The number of fused-ring (bicyclic) bond motifs is 1. The molecule has 0 N–H and O–H groups in total. The summed E-state index contributed by atoms with van der Waals surface area (Å²) in [6.07, 6.45) is 12.1. The quantitative estimate of drug-likeness (QED) is 0.632. The molecule has 2 aliphatic rings. The first-order valence-corrected chi connectivity index (χ1v) is 11.4. The van der Waals surface area contributed by atoms with Crippen LogP contribution in [0, 0.1) is 5.92 Å². The van der Waals surface area contributed by atoms with Crippen molar-refractivity contribution in [3.63, 3.8) is 0 Å². The van der Waals surface area contributed by atoms with Crippen LogP contribution in [0.3, 0.4) is 0 Å². The van der Waals surface area contributed by atoms with Crippen molar-refractivity contribution < 1.29 is 0 Å². The van der Waals surface area contributed by atoms with Crippen molar-refractivity contribution in [1.82, 2.24) is 34.2 Å². The number of pyridine rings is 1. The average Bonchev–Trinajstić information content (AvgIpc) is 3.02. The zero-order valence-corrected chi connectivity index (χ0v) is 17.9.